The Labute approximate surface area is 142 Å². The summed E-state index contributed by atoms with van der Waals surface area (Å²) in [6, 6.07) is 7.09. The van der Waals surface area contributed by atoms with E-state index in [0.29, 0.717) is 35.9 Å². The maximum absolute atomic E-state index is 13.0. The fourth-order valence-electron chi connectivity index (χ4n) is 2.40. The summed E-state index contributed by atoms with van der Waals surface area (Å²) in [5.41, 5.74) is 1.45. The number of benzene rings is 1. The van der Waals surface area contributed by atoms with Crippen LogP contribution in [0, 0.1) is 0 Å². The number of rotatable bonds is 7. The summed E-state index contributed by atoms with van der Waals surface area (Å²) < 4.78 is 15.9. The van der Waals surface area contributed by atoms with Gasteiger partial charge in [0.2, 0.25) is 0 Å². The van der Waals surface area contributed by atoms with Crippen LogP contribution in [0.25, 0.3) is 0 Å². The maximum atomic E-state index is 13.0. The fourth-order valence-corrected chi connectivity index (χ4v) is 2.40. The standard InChI is InChI=1S/C18H22N2O4/c1-5-20(12-13-6-8-19-9-7-13)18(21)14-10-16(23-3)17(24-4)11-15(14)22-2/h6-11H,5,12H2,1-4H3. The molecule has 0 aliphatic heterocycles. The lowest BCUT2D eigenvalue weighted by atomic mass is 10.1. The molecule has 6 nitrogen and oxygen atoms in total. The van der Waals surface area contributed by atoms with Gasteiger partial charge in [-0.15, -0.1) is 0 Å². The van der Waals surface area contributed by atoms with Crippen molar-refractivity contribution in [3.05, 3.63) is 47.8 Å². The van der Waals surface area contributed by atoms with Gasteiger partial charge in [0.05, 0.1) is 26.9 Å². The first-order valence-electron chi connectivity index (χ1n) is 7.62. The van der Waals surface area contributed by atoms with Gasteiger partial charge in [-0.3, -0.25) is 9.78 Å². The van der Waals surface area contributed by atoms with E-state index in [9.17, 15) is 4.79 Å². The smallest absolute Gasteiger partial charge is 0.258 e. The second-order valence-electron chi connectivity index (χ2n) is 5.08. The molecule has 2 aromatic rings. The number of ether oxygens (including phenoxy) is 3. The van der Waals surface area contributed by atoms with Crippen molar-refractivity contribution in [1.82, 2.24) is 9.88 Å². The summed E-state index contributed by atoms with van der Waals surface area (Å²) >= 11 is 0. The molecule has 0 atom stereocenters. The van der Waals surface area contributed by atoms with Crippen LogP contribution in [0.15, 0.2) is 36.7 Å². The van der Waals surface area contributed by atoms with Crippen molar-refractivity contribution < 1.29 is 19.0 Å². The molecule has 0 fully saturated rings. The van der Waals surface area contributed by atoms with E-state index in [4.69, 9.17) is 14.2 Å². The summed E-state index contributed by atoms with van der Waals surface area (Å²) in [5.74, 6) is 1.32. The zero-order valence-corrected chi connectivity index (χ0v) is 14.4. The predicted octanol–water partition coefficient (Wildman–Crippen LogP) is 2.77. The van der Waals surface area contributed by atoms with E-state index >= 15 is 0 Å². The van der Waals surface area contributed by atoms with Crippen molar-refractivity contribution in [3.8, 4) is 17.2 Å². The molecule has 1 amide bonds. The lowest BCUT2D eigenvalue weighted by molar-refractivity contribution is 0.0748. The largest absolute Gasteiger partial charge is 0.496 e. The molecule has 1 aromatic carbocycles. The average molecular weight is 330 g/mol. The molecular formula is C18H22N2O4. The molecule has 0 aliphatic carbocycles. The minimum Gasteiger partial charge on any atom is -0.496 e. The summed E-state index contributed by atoms with van der Waals surface area (Å²) in [4.78, 5) is 18.7. The van der Waals surface area contributed by atoms with E-state index in [0.717, 1.165) is 5.56 Å². The van der Waals surface area contributed by atoms with Crippen LogP contribution in [0.5, 0.6) is 17.2 Å². The monoisotopic (exact) mass is 330 g/mol. The Morgan fingerprint density at radius 2 is 1.58 bits per heavy atom. The first-order valence-corrected chi connectivity index (χ1v) is 7.62. The summed E-state index contributed by atoms with van der Waals surface area (Å²) in [7, 11) is 4.60. The van der Waals surface area contributed by atoms with Crippen molar-refractivity contribution >= 4 is 5.91 Å². The van der Waals surface area contributed by atoms with Crippen LogP contribution in [-0.4, -0.2) is 43.7 Å². The first kappa shape index (κ1) is 17.6. The normalized spacial score (nSPS) is 10.2. The van der Waals surface area contributed by atoms with Crippen LogP contribution in [0.2, 0.25) is 0 Å². The highest BCUT2D eigenvalue weighted by molar-refractivity contribution is 5.97. The minimum atomic E-state index is -0.132. The summed E-state index contributed by atoms with van der Waals surface area (Å²) in [6.45, 7) is 3.00. The van der Waals surface area contributed by atoms with Crippen LogP contribution in [0.3, 0.4) is 0 Å². The number of carbonyl (C=O) groups excluding carboxylic acids is 1. The Bertz CT molecular complexity index is 689. The lowest BCUT2D eigenvalue weighted by Gasteiger charge is -2.23. The molecule has 0 bridgehead atoms. The van der Waals surface area contributed by atoms with Gasteiger partial charge in [0.25, 0.3) is 5.91 Å². The molecule has 1 heterocycles. The molecule has 0 saturated carbocycles. The Hall–Kier alpha value is -2.76. The van der Waals surface area contributed by atoms with Crippen molar-refractivity contribution in [3.63, 3.8) is 0 Å². The van der Waals surface area contributed by atoms with Gasteiger partial charge in [-0.2, -0.15) is 0 Å². The van der Waals surface area contributed by atoms with Crippen molar-refractivity contribution in [2.45, 2.75) is 13.5 Å². The van der Waals surface area contributed by atoms with E-state index in [1.54, 1.807) is 36.5 Å². The highest BCUT2D eigenvalue weighted by Crippen LogP contribution is 2.35. The number of methoxy groups -OCH3 is 3. The van der Waals surface area contributed by atoms with Crippen LogP contribution in [0.1, 0.15) is 22.8 Å². The van der Waals surface area contributed by atoms with Gasteiger partial charge in [0.1, 0.15) is 5.75 Å². The summed E-state index contributed by atoms with van der Waals surface area (Å²) in [6.07, 6.45) is 3.43. The molecule has 0 unspecified atom stereocenters. The molecule has 0 N–H and O–H groups in total. The number of amides is 1. The third-order valence-electron chi connectivity index (χ3n) is 3.73. The molecular weight excluding hydrogens is 308 g/mol. The number of aromatic nitrogens is 1. The quantitative estimate of drug-likeness (QED) is 0.781. The predicted molar refractivity (Wildman–Crippen MR) is 90.7 cm³/mol. The fraction of sp³-hybridized carbons (Fsp3) is 0.333. The third kappa shape index (κ3) is 3.76. The van der Waals surface area contributed by atoms with Crippen molar-refractivity contribution in [2.75, 3.05) is 27.9 Å². The Kier molecular flexibility index (Phi) is 6.01. The van der Waals surface area contributed by atoms with Gasteiger partial charge < -0.3 is 19.1 Å². The molecule has 0 spiro atoms. The second-order valence-corrected chi connectivity index (χ2v) is 5.08. The molecule has 24 heavy (non-hydrogen) atoms. The average Bonchev–Trinajstić information content (AvgIpc) is 2.65. The highest BCUT2D eigenvalue weighted by atomic mass is 16.5. The molecule has 6 heteroatoms. The van der Waals surface area contributed by atoms with E-state index in [-0.39, 0.29) is 5.91 Å². The van der Waals surface area contributed by atoms with Crippen LogP contribution >= 0.6 is 0 Å². The van der Waals surface area contributed by atoms with E-state index in [1.165, 1.54) is 14.2 Å². The van der Waals surface area contributed by atoms with E-state index in [1.807, 2.05) is 19.1 Å². The van der Waals surface area contributed by atoms with Gasteiger partial charge in [-0.05, 0) is 24.6 Å². The Balaban J connectivity index is 2.35. The lowest BCUT2D eigenvalue weighted by Crippen LogP contribution is -2.30. The van der Waals surface area contributed by atoms with Crippen LogP contribution in [0.4, 0.5) is 0 Å². The Morgan fingerprint density at radius 3 is 2.12 bits per heavy atom. The zero-order chi connectivity index (χ0) is 17.5. The van der Waals surface area contributed by atoms with E-state index < -0.39 is 0 Å². The van der Waals surface area contributed by atoms with Gasteiger partial charge in [0.15, 0.2) is 11.5 Å². The molecule has 0 aliphatic rings. The van der Waals surface area contributed by atoms with E-state index in [2.05, 4.69) is 4.98 Å². The number of carbonyl (C=O) groups is 1. The van der Waals surface area contributed by atoms with Crippen molar-refractivity contribution in [2.24, 2.45) is 0 Å². The molecule has 0 radical (unpaired) electrons. The molecule has 128 valence electrons. The van der Waals surface area contributed by atoms with Gasteiger partial charge >= 0.3 is 0 Å². The first-order chi connectivity index (χ1) is 11.6. The summed E-state index contributed by atoms with van der Waals surface area (Å²) in [5, 5.41) is 0. The number of hydrogen-bond donors (Lipinski definition) is 0. The third-order valence-corrected chi connectivity index (χ3v) is 3.73. The van der Waals surface area contributed by atoms with Gasteiger partial charge in [-0.1, -0.05) is 0 Å². The maximum Gasteiger partial charge on any atom is 0.258 e. The van der Waals surface area contributed by atoms with Gasteiger partial charge in [-0.25, -0.2) is 0 Å². The number of hydrogen-bond acceptors (Lipinski definition) is 5. The molecule has 0 saturated heterocycles. The second kappa shape index (κ2) is 8.19. The SMILES string of the molecule is CCN(Cc1ccncc1)C(=O)c1cc(OC)c(OC)cc1OC. The van der Waals surface area contributed by atoms with Crippen LogP contribution < -0.4 is 14.2 Å². The van der Waals surface area contributed by atoms with Crippen molar-refractivity contribution in [1.29, 1.82) is 0 Å². The minimum absolute atomic E-state index is 0.132. The molecule has 2 rings (SSSR count). The zero-order valence-electron chi connectivity index (χ0n) is 14.4. The number of pyridine rings is 1. The molecule has 1 aromatic heterocycles. The van der Waals surface area contributed by atoms with Crippen LogP contribution in [-0.2, 0) is 6.54 Å². The highest BCUT2D eigenvalue weighted by Gasteiger charge is 2.22. The number of nitrogens with zero attached hydrogens (tertiary/aromatic N) is 2. The topological polar surface area (TPSA) is 60.9 Å². The Morgan fingerprint density at radius 1 is 1.00 bits per heavy atom. The van der Waals surface area contributed by atoms with Gasteiger partial charge in [0, 0.05) is 37.6 Å².